The minimum atomic E-state index is -0.339. The van der Waals surface area contributed by atoms with Crippen LogP contribution in [0.5, 0.6) is 11.5 Å². The molecule has 0 aliphatic heterocycles. The maximum atomic E-state index is 12.4. The third-order valence-corrected chi connectivity index (χ3v) is 4.02. The second-order valence-electron chi connectivity index (χ2n) is 5.51. The zero-order valence-electron chi connectivity index (χ0n) is 14.6. The number of benzene rings is 2. The summed E-state index contributed by atoms with van der Waals surface area (Å²) in [7, 11) is 3.10. The Balaban J connectivity index is 2.21. The first kappa shape index (κ1) is 17.7. The van der Waals surface area contributed by atoms with E-state index in [0.29, 0.717) is 23.1 Å². The number of anilines is 2. The molecule has 0 aliphatic carbocycles. The van der Waals surface area contributed by atoms with Gasteiger partial charge in [-0.15, -0.1) is 0 Å². The van der Waals surface area contributed by atoms with Gasteiger partial charge in [-0.25, -0.2) is 4.79 Å². The smallest absolute Gasteiger partial charge is 0.323 e. The minimum absolute atomic E-state index is 0.339. The fourth-order valence-electron chi connectivity index (χ4n) is 2.50. The van der Waals surface area contributed by atoms with Gasteiger partial charge in [0.1, 0.15) is 17.2 Å². The molecule has 0 bridgehead atoms. The van der Waals surface area contributed by atoms with Crippen LogP contribution < -0.4 is 20.1 Å². The van der Waals surface area contributed by atoms with Crippen LogP contribution in [0.15, 0.2) is 42.5 Å². The number of amides is 2. The molecule has 128 valence electrons. The number of carbonyl (C=O) groups is 1. The van der Waals surface area contributed by atoms with E-state index in [9.17, 15) is 4.79 Å². The molecule has 5 heteroatoms. The van der Waals surface area contributed by atoms with Gasteiger partial charge in [-0.2, -0.15) is 0 Å². The van der Waals surface area contributed by atoms with Crippen LogP contribution in [0.4, 0.5) is 16.2 Å². The Labute approximate surface area is 143 Å². The molecule has 0 radical (unpaired) electrons. The van der Waals surface area contributed by atoms with E-state index in [4.69, 9.17) is 9.47 Å². The SMILES string of the molecule is CCC(C)c1ccccc1NC(=O)Nc1c(OC)cccc1OC. The Morgan fingerprint density at radius 3 is 2.21 bits per heavy atom. The molecule has 0 saturated carbocycles. The molecule has 2 amide bonds. The second-order valence-corrected chi connectivity index (χ2v) is 5.51. The molecule has 1 unspecified atom stereocenters. The summed E-state index contributed by atoms with van der Waals surface area (Å²) in [4.78, 5) is 12.4. The lowest BCUT2D eigenvalue weighted by Gasteiger charge is -2.17. The van der Waals surface area contributed by atoms with E-state index in [0.717, 1.165) is 17.7 Å². The predicted octanol–water partition coefficient (Wildman–Crippen LogP) is 4.86. The molecular formula is C19H24N2O3. The van der Waals surface area contributed by atoms with Crippen molar-refractivity contribution in [2.45, 2.75) is 26.2 Å². The molecule has 2 N–H and O–H groups in total. The Morgan fingerprint density at radius 2 is 1.62 bits per heavy atom. The number of hydrogen-bond donors (Lipinski definition) is 2. The normalized spacial score (nSPS) is 11.5. The van der Waals surface area contributed by atoms with Gasteiger partial charge in [-0.1, -0.05) is 38.1 Å². The van der Waals surface area contributed by atoms with Gasteiger partial charge >= 0.3 is 6.03 Å². The first-order valence-electron chi connectivity index (χ1n) is 7.98. The number of para-hydroxylation sites is 2. The van der Waals surface area contributed by atoms with E-state index < -0.39 is 0 Å². The van der Waals surface area contributed by atoms with Gasteiger partial charge in [-0.05, 0) is 36.1 Å². The lowest BCUT2D eigenvalue weighted by molar-refractivity contribution is 0.262. The van der Waals surface area contributed by atoms with Gasteiger partial charge in [0, 0.05) is 5.69 Å². The van der Waals surface area contributed by atoms with Crippen molar-refractivity contribution < 1.29 is 14.3 Å². The van der Waals surface area contributed by atoms with Crippen LogP contribution in [0, 0.1) is 0 Å². The van der Waals surface area contributed by atoms with Crippen molar-refractivity contribution >= 4 is 17.4 Å². The molecule has 24 heavy (non-hydrogen) atoms. The van der Waals surface area contributed by atoms with Crippen LogP contribution in [0.2, 0.25) is 0 Å². The van der Waals surface area contributed by atoms with Crippen molar-refractivity contribution in [1.82, 2.24) is 0 Å². The molecule has 2 aromatic rings. The predicted molar refractivity (Wildman–Crippen MR) is 97.3 cm³/mol. The van der Waals surface area contributed by atoms with Crippen LogP contribution in [0.3, 0.4) is 0 Å². The van der Waals surface area contributed by atoms with Crippen molar-refractivity contribution in [2.24, 2.45) is 0 Å². The zero-order chi connectivity index (χ0) is 17.5. The highest BCUT2D eigenvalue weighted by atomic mass is 16.5. The van der Waals surface area contributed by atoms with Crippen LogP contribution in [-0.2, 0) is 0 Å². The maximum absolute atomic E-state index is 12.4. The van der Waals surface area contributed by atoms with Crippen LogP contribution >= 0.6 is 0 Å². The van der Waals surface area contributed by atoms with Gasteiger partial charge in [-0.3, -0.25) is 0 Å². The molecule has 0 saturated heterocycles. The highest BCUT2D eigenvalue weighted by Crippen LogP contribution is 2.34. The monoisotopic (exact) mass is 328 g/mol. The number of ether oxygens (including phenoxy) is 2. The Bertz CT molecular complexity index is 679. The van der Waals surface area contributed by atoms with Gasteiger partial charge in [0.15, 0.2) is 0 Å². The van der Waals surface area contributed by atoms with Crippen molar-refractivity contribution in [3.05, 3.63) is 48.0 Å². The largest absolute Gasteiger partial charge is 0.494 e. The Kier molecular flexibility index (Phi) is 6.07. The quantitative estimate of drug-likeness (QED) is 0.796. The molecule has 0 fully saturated rings. The molecule has 0 aromatic heterocycles. The van der Waals surface area contributed by atoms with E-state index >= 15 is 0 Å². The molecule has 5 nitrogen and oxygen atoms in total. The number of hydrogen-bond acceptors (Lipinski definition) is 3. The molecule has 2 aromatic carbocycles. The number of rotatable bonds is 6. The zero-order valence-corrected chi connectivity index (χ0v) is 14.6. The van der Waals surface area contributed by atoms with Crippen LogP contribution in [0.25, 0.3) is 0 Å². The standard InChI is InChI=1S/C19H24N2O3/c1-5-13(2)14-9-6-7-10-15(14)20-19(22)21-18-16(23-3)11-8-12-17(18)24-4/h6-13H,5H2,1-4H3,(H2,20,21,22). The van der Waals surface area contributed by atoms with Crippen molar-refractivity contribution in [2.75, 3.05) is 24.9 Å². The summed E-state index contributed by atoms with van der Waals surface area (Å²) in [5, 5.41) is 5.73. The summed E-state index contributed by atoms with van der Waals surface area (Å²) in [5.74, 6) is 1.45. The minimum Gasteiger partial charge on any atom is -0.494 e. The number of nitrogens with one attached hydrogen (secondary N) is 2. The summed E-state index contributed by atoms with van der Waals surface area (Å²) >= 11 is 0. The highest BCUT2D eigenvalue weighted by molar-refractivity contribution is 6.02. The van der Waals surface area contributed by atoms with E-state index in [1.165, 1.54) is 0 Å². The maximum Gasteiger partial charge on any atom is 0.323 e. The van der Waals surface area contributed by atoms with Gasteiger partial charge in [0.25, 0.3) is 0 Å². The first-order chi connectivity index (χ1) is 11.6. The average Bonchev–Trinajstić information content (AvgIpc) is 2.61. The highest BCUT2D eigenvalue weighted by Gasteiger charge is 2.15. The van der Waals surface area contributed by atoms with E-state index in [1.807, 2.05) is 24.3 Å². The van der Waals surface area contributed by atoms with Crippen molar-refractivity contribution in [3.63, 3.8) is 0 Å². The van der Waals surface area contributed by atoms with Crippen molar-refractivity contribution in [1.29, 1.82) is 0 Å². The van der Waals surface area contributed by atoms with Gasteiger partial charge in [0.05, 0.1) is 14.2 Å². The molecule has 0 spiro atoms. The second kappa shape index (κ2) is 8.24. The molecule has 0 heterocycles. The molecule has 1 atom stereocenters. The lowest BCUT2D eigenvalue weighted by atomic mass is 9.97. The molecular weight excluding hydrogens is 304 g/mol. The Morgan fingerprint density at radius 1 is 1.00 bits per heavy atom. The first-order valence-corrected chi connectivity index (χ1v) is 7.98. The third-order valence-electron chi connectivity index (χ3n) is 4.02. The fourth-order valence-corrected chi connectivity index (χ4v) is 2.50. The van der Waals surface area contributed by atoms with E-state index in [1.54, 1.807) is 32.4 Å². The van der Waals surface area contributed by atoms with Gasteiger partial charge in [0.2, 0.25) is 0 Å². The van der Waals surface area contributed by atoms with Crippen molar-refractivity contribution in [3.8, 4) is 11.5 Å². The summed E-state index contributed by atoms with van der Waals surface area (Å²) in [5.41, 5.74) is 2.42. The molecule has 2 rings (SSSR count). The van der Waals surface area contributed by atoms with E-state index in [2.05, 4.69) is 24.5 Å². The Hall–Kier alpha value is -2.69. The summed E-state index contributed by atoms with van der Waals surface area (Å²) in [6.07, 6.45) is 1.00. The molecule has 0 aliphatic rings. The average molecular weight is 328 g/mol. The van der Waals surface area contributed by atoms with Crippen LogP contribution in [0.1, 0.15) is 31.7 Å². The van der Waals surface area contributed by atoms with Crippen LogP contribution in [-0.4, -0.2) is 20.3 Å². The topological polar surface area (TPSA) is 59.6 Å². The third kappa shape index (κ3) is 3.98. The summed E-state index contributed by atoms with van der Waals surface area (Å²) in [6.45, 7) is 4.27. The number of urea groups is 1. The van der Waals surface area contributed by atoms with Gasteiger partial charge < -0.3 is 20.1 Å². The summed E-state index contributed by atoms with van der Waals surface area (Å²) in [6, 6.07) is 12.8. The summed E-state index contributed by atoms with van der Waals surface area (Å²) < 4.78 is 10.6. The fraction of sp³-hybridized carbons (Fsp3) is 0.316. The number of methoxy groups -OCH3 is 2. The van der Waals surface area contributed by atoms with E-state index in [-0.39, 0.29) is 6.03 Å². The number of carbonyl (C=O) groups excluding carboxylic acids is 1. The lowest BCUT2D eigenvalue weighted by Crippen LogP contribution is -2.21.